The minimum absolute atomic E-state index is 0.128. The van der Waals surface area contributed by atoms with Crippen LogP contribution in [0.3, 0.4) is 0 Å². The van der Waals surface area contributed by atoms with Gasteiger partial charge in [-0.25, -0.2) is 14.5 Å². The van der Waals surface area contributed by atoms with Crippen molar-refractivity contribution in [1.29, 1.82) is 0 Å². The Morgan fingerprint density at radius 2 is 1.79 bits per heavy atom. The van der Waals surface area contributed by atoms with E-state index in [-0.39, 0.29) is 12.1 Å². The molecule has 3 aliphatic heterocycles. The van der Waals surface area contributed by atoms with E-state index in [4.69, 9.17) is 30.2 Å². The Morgan fingerprint density at radius 1 is 1.15 bits per heavy atom. The van der Waals surface area contributed by atoms with Crippen LogP contribution in [0, 0.1) is 23.2 Å². The van der Waals surface area contributed by atoms with E-state index >= 15 is 0 Å². The van der Waals surface area contributed by atoms with Gasteiger partial charge in [-0.1, -0.05) is 0 Å². The number of aliphatic hydroxyl groups excluding tert-OH is 2. The first kappa shape index (κ1) is 22.2. The van der Waals surface area contributed by atoms with Crippen LogP contribution in [0.5, 0.6) is 0 Å². The van der Waals surface area contributed by atoms with Crippen molar-refractivity contribution in [2.45, 2.75) is 68.7 Å². The molecule has 0 amide bonds. The smallest absolute Gasteiger partial charge is 0.387 e. The van der Waals surface area contributed by atoms with Crippen molar-refractivity contribution in [3.8, 4) is 0 Å². The van der Waals surface area contributed by atoms with Gasteiger partial charge in [-0.05, 0) is 56.3 Å². The van der Waals surface area contributed by atoms with E-state index in [2.05, 4.69) is 9.52 Å². The molecule has 5 fully saturated rings. The van der Waals surface area contributed by atoms with Gasteiger partial charge < -0.3 is 35.4 Å². The van der Waals surface area contributed by atoms with Crippen LogP contribution in [-0.4, -0.2) is 86.3 Å². The van der Waals surface area contributed by atoms with E-state index in [1.807, 2.05) is 0 Å². The molecule has 3 heterocycles. The average molecular weight is 483 g/mol. The van der Waals surface area contributed by atoms with Gasteiger partial charge in [0.25, 0.3) is 0 Å². The number of phosphoric ester groups is 1. The van der Waals surface area contributed by atoms with Crippen molar-refractivity contribution in [2.75, 3.05) is 13.3 Å². The molecule has 33 heavy (non-hydrogen) atoms. The molecular weight excluding hydrogens is 453 g/mol. The van der Waals surface area contributed by atoms with Crippen molar-refractivity contribution < 1.29 is 33.8 Å². The molecule has 7 aliphatic rings. The van der Waals surface area contributed by atoms with Gasteiger partial charge in [0.1, 0.15) is 37.0 Å². The van der Waals surface area contributed by atoms with Gasteiger partial charge >= 0.3 is 7.82 Å². The molecule has 0 aromatic carbocycles. The summed E-state index contributed by atoms with van der Waals surface area (Å²) in [6, 6.07) is 0. The van der Waals surface area contributed by atoms with Crippen LogP contribution in [-0.2, 0) is 13.8 Å². The number of hydrogen-bond acceptors (Lipinski definition) is 10. The van der Waals surface area contributed by atoms with Crippen molar-refractivity contribution in [3.05, 3.63) is 0 Å². The Morgan fingerprint density at radius 3 is 2.39 bits per heavy atom. The van der Waals surface area contributed by atoms with Crippen molar-refractivity contribution in [1.82, 2.24) is 4.90 Å². The van der Waals surface area contributed by atoms with Crippen LogP contribution in [0.15, 0.2) is 15.0 Å². The predicted molar refractivity (Wildman–Crippen MR) is 116 cm³/mol. The van der Waals surface area contributed by atoms with E-state index < -0.39 is 44.6 Å². The number of rotatable bonds is 5. The molecule has 13 heteroatoms. The van der Waals surface area contributed by atoms with Crippen LogP contribution in [0.25, 0.3) is 0 Å². The lowest BCUT2D eigenvalue weighted by Crippen LogP contribution is -2.68. The third-order valence-corrected chi connectivity index (χ3v) is 9.05. The van der Waals surface area contributed by atoms with Gasteiger partial charge in [0.05, 0.1) is 6.61 Å². The highest BCUT2D eigenvalue weighted by atomic mass is 31.2. The summed E-state index contributed by atoms with van der Waals surface area (Å²) in [5, 5.41) is 21.0. The number of aliphatic hydroxyl groups is 2. The molecular formula is C20H30N5O7P. The maximum Gasteiger partial charge on any atom is 0.469 e. The normalized spacial score (nSPS) is 48.3. The highest BCUT2D eigenvalue weighted by Crippen LogP contribution is 2.64. The standard InChI is InChI=1S/C20H30N5O7P/c21-20(19-4-10-1-11(5-19)3-12(2-10)6-19)16-17(22-8-24-20)25(9-23-16)18-15(27)14(26)13(32-18)7-31-33(28,29)30/h8,10-15,18,26-27H,1-7,9,21H2,(H2,28,29,30)/t10?,11?,12?,13-,14-,15-,18-,19?,20?/m1/s1. The molecule has 4 bridgehead atoms. The number of fused-ring (bicyclic) bond motifs is 1. The fourth-order valence-electron chi connectivity index (χ4n) is 7.54. The van der Waals surface area contributed by atoms with E-state index in [9.17, 15) is 14.8 Å². The second-order valence-corrected chi connectivity index (χ2v) is 11.9. The van der Waals surface area contributed by atoms with Gasteiger partial charge in [-0.15, -0.1) is 0 Å². The van der Waals surface area contributed by atoms with E-state index in [0.717, 1.165) is 19.3 Å². The SMILES string of the molecule is NC1(C23CC4CC(CC(C4)C2)C3)N=CN=C2C1=NCN2[C@@H]1O[C@H](COP(=O)(O)O)[C@@H](O)[C@H]1O. The number of nitrogens with zero attached hydrogens (tertiary/aromatic N) is 4. The second-order valence-electron chi connectivity index (χ2n) is 10.6. The number of phosphoric acid groups is 1. The first-order chi connectivity index (χ1) is 15.6. The molecule has 0 radical (unpaired) electrons. The number of aliphatic imine (C=N–C) groups is 3. The lowest BCUT2D eigenvalue weighted by atomic mass is 9.45. The summed E-state index contributed by atoms with van der Waals surface area (Å²) >= 11 is 0. The Labute approximate surface area is 190 Å². The molecule has 0 aromatic heterocycles. The van der Waals surface area contributed by atoms with Gasteiger partial charge in [0, 0.05) is 5.41 Å². The zero-order chi connectivity index (χ0) is 23.2. The largest absolute Gasteiger partial charge is 0.469 e. The van der Waals surface area contributed by atoms with E-state index in [0.29, 0.717) is 29.3 Å². The summed E-state index contributed by atoms with van der Waals surface area (Å²) in [7, 11) is -4.75. The molecule has 7 rings (SSSR count). The monoisotopic (exact) mass is 483 g/mol. The Hall–Kier alpha value is -1.24. The number of ether oxygens (including phenoxy) is 1. The molecule has 4 saturated carbocycles. The van der Waals surface area contributed by atoms with Gasteiger partial charge in [-0.2, -0.15) is 0 Å². The van der Waals surface area contributed by atoms with Crippen molar-refractivity contribution >= 4 is 25.7 Å². The van der Waals surface area contributed by atoms with Crippen LogP contribution < -0.4 is 5.73 Å². The zero-order valence-corrected chi connectivity index (χ0v) is 19.0. The Balaban J connectivity index is 1.24. The van der Waals surface area contributed by atoms with Crippen molar-refractivity contribution in [2.24, 2.45) is 43.9 Å². The average Bonchev–Trinajstić information content (AvgIpc) is 3.28. The summed E-state index contributed by atoms with van der Waals surface area (Å²) in [6.07, 6.45) is 3.50. The maximum atomic E-state index is 11.0. The predicted octanol–water partition coefficient (Wildman–Crippen LogP) is -0.432. The van der Waals surface area contributed by atoms with Crippen LogP contribution in [0.4, 0.5) is 0 Å². The summed E-state index contributed by atoms with van der Waals surface area (Å²) in [5.74, 6) is 2.50. The second kappa shape index (κ2) is 7.38. The number of nitrogens with two attached hydrogens (primary N) is 1. The fourth-order valence-corrected chi connectivity index (χ4v) is 7.89. The maximum absolute atomic E-state index is 11.0. The van der Waals surface area contributed by atoms with Crippen LogP contribution in [0.2, 0.25) is 0 Å². The summed E-state index contributed by atoms with van der Waals surface area (Å²) in [6.45, 7) is -0.439. The molecule has 0 aromatic rings. The zero-order valence-electron chi connectivity index (χ0n) is 18.1. The summed E-state index contributed by atoms with van der Waals surface area (Å²) in [4.78, 5) is 33.4. The lowest BCUT2D eigenvalue weighted by Gasteiger charge is -2.61. The van der Waals surface area contributed by atoms with E-state index in [1.165, 1.54) is 25.6 Å². The summed E-state index contributed by atoms with van der Waals surface area (Å²) in [5.41, 5.74) is 6.52. The first-order valence-corrected chi connectivity index (χ1v) is 13.1. The molecule has 12 nitrogen and oxygen atoms in total. The summed E-state index contributed by atoms with van der Waals surface area (Å²) < 4.78 is 21.3. The molecule has 5 atom stereocenters. The van der Waals surface area contributed by atoms with Gasteiger partial charge in [0.15, 0.2) is 17.7 Å². The highest BCUT2D eigenvalue weighted by Gasteiger charge is 2.63. The Kier molecular flexibility index (Phi) is 4.97. The quantitative estimate of drug-likeness (QED) is 0.324. The minimum Gasteiger partial charge on any atom is -0.387 e. The first-order valence-electron chi connectivity index (χ1n) is 11.5. The molecule has 0 spiro atoms. The lowest BCUT2D eigenvalue weighted by molar-refractivity contribution is -0.0785. The molecule has 1 unspecified atom stereocenters. The van der Waals surface area contributed by atoms with E-state index in [1.54, 1.807) is 4.90 Å². The molecule has 4 aliphatic carbocycles. The Bertz CT molecular complexity index is 947. The molecule has 1 saturated heterocycles. The van der Waals surface area contributed by atoms with Crippen molar-refractivity contribution in [3.63, 3.8) is 0 Å². The van der Waals surface area contributed by atoms with Gasteiger partial charge in [-0.3, -0.25) is 9.52 Å². The molecule has 6 N–H and O–H groups in total. The minimum atomic E-state index is -4.75. The topological polar surface area (TPSA) is 183 Å². The number of hydrogen-bond donors (Lipinski definition) is 5. The molecule has 182 valence electrons. The highest BCUT2D eigenvalue weighted by molar-refractivity contribution is 7.46. The third-order valence-electron chi connectivity index (χ3n) is 8.57. The van der Waals surface area contributed by atoms with Gasteiger partial charge in [0.2, 0.25) is 0 Å². The third kappa shape index (κ3) is 3.38. The van der Waals surface area contributed by atoms with Crippen LogP contribution >= 0.6 is 7.82 Å². The number of amidine groups is 1. The fraction of sp³-hybridized carbons (Fsp3) is 0.850. The van der Waals surface area contributed by atoms with Crippen LogP contribution in [0.1, 0.15) is 38.5 Å².